The van der Waals surface area contributed by atoms with Gasteiger partial charge in [0.25, 0.3) is 0 Å². The first-order chi connectivity index (χ1) is 7.50. The third-order valence-electron chi connectivity index (χ3n) is 1.96. The van der Waals surface area contributed by atoms with Gasteiger partial charge < -0.3 is 0 Å². The SMILES string of the molecule is FC(F)(F)C(F)(F)C(F)(F)c1cccc(S)c1. The third kappa shape index (κ3) is 2.36. The fourth-order valence-electron chi connectivity index (χ4n) is 1.06. The van der Waals surface area contributed by atoms with E-state index in [1.54, 1.807) is 0 Å². The maximum Gasteiger partial charge on any atom is 0.460 e. The molecule has 0 unspecified atom stereocenters. The largest absolute Gasteiger partial charge is 0.460 e. The molecule has 1 aromatic rings. The highest BCUT2D eigenvalue weighted by Gasteiger charge is 2.73. The van der Waals surface area contributed by atoms with Gasteiger partial charge in [-0.3, -0.25) is 0 Å². The van der Waals surface area contributed by atoms with E-state index in [4.69, 9.17) is 0 Å². The Hall–Kier alpha value is -0.920. The zero-order valence-electron chi connectivity index (χ0n) is 7.90. The monoisotopic (exact) mass is 278 g/mol. The first-order valence-electron chi connectivity index (χ1n) is 4.12. The van der Waals surface area contributed by atoms with Gasteiger partial charge in [-0.25, -0.2) is 0 Å². The summed E-state index contributed by atoms with van der Waals surface area (Å²) in [7, 11) is 0. The second-order valence-corrected chi connectivity index (χ2v) is 3.71. The van der Waals surface area contributed by atoms with Crippen molar-refractivity contribution in [2.45, 2.75) is 22.9 Å². The van der Waals surface area contributed by atoms with E-state index in [1.807, 2.05) is 0 Å². The van der Waals surface area contributed by atoms with Crippen molar-refractivity contribution in [3.05, 3.63) is 29.8 Å². The Morgan fingerprint density at radius 3 is 1.82 bits per heavy atom. The van der Waals surface area contributed by atoms with E-state index in [1.165, 1.54) is 6.07 Å². The molecule has 0 heterocycles. The minimum absolute atomic E-state index is 0.139. The maximum absolute atomic E-state index is 13.1. The van der Waals surface area contributed by atoms with E-state index in [9.17, 15) is 30.7 Å². The zero-order chi connectivity index (χ0) is 13.5. The molecular formula is C9H5F7S. The summed E-state index contributed by atoms with van der Waals surface area (Å²) < 4.78 is 87.1. The van der Waals surface area contributed by atoms with Crippen LogP contribution in [0.5, 0.6) is 0 Å². The van der Waals surface area contributed by atoms with Crippen molar-refractivity contribution in [3.8, 4) is 0 Å². The Kier molecular flexibility index (Phi) is 3.39. The van der Waals surface area contributed by atoms with Crippen molar-refractivity contribution < 1.29 is 30.7 Å². The summed E-state index contributed by atoms with van der Waals surface area (Å²) in [5, 5.41) is 0. The van der Waals surface area contributed by atoms with E-state index in [2.05, 4.69) is 12.6 Å². The lowest BCUT2D eigenvalue weighted by atomic mass is 10.0. The lowest BCUT2D eigenvalue weighted by molar-refractivity contribution is -0.359. The van der Waals surface area contributed by atoms with E-state index < -0.39 is 23.6 Å². The van der Waals surface area contributed by atoms with Gasteiger partial charge in [0.2, 0.25) is 0 Å². The molecule has 1 aromatic carbocycles. The topological polar surface area (TPSA) is 0 Å². The van der Waals surface area contributed by atoms with Gasteiger partial charge in [0.1, 0.15) is 0 Å². The van der Waals surface area contributed by atoms with Gasteiger partial charge in [0.05, 0.1) is 0 Å². The predicted octanol–water partition coefficient (Wildman–Crippen LogP) is 4.26. The normalized spacial score (nSPS) is 13.9. The van der Waals surface area contributed by atoms with E-state index in [0.717, 1.165) is 6.07 Å². The highest BCUT2D eigenvalue weighted by molar-refractivity contribution is 7.80. The number of benzene rings is 1. The first-order valence-corrected chi connectivity index (χ1v) is 4.57. The molecular weight excluding hydrogens is 273 g/mol. The van der Waals surface area contributed by atoms with Crippen LogP contribution in [0.2, 0.25) is 0 Å². The molecule has 96 valence electrons. The third-order valence-corrected chi connectivity index (χ3v) is 2.24. The van der Waals surface area contributed by atoms with Crippen LogP contribution >= 0.6 is 12.6 Å². The Balaban J connectivity index is 3.28. The molecule has 0 aliphatic rings. The Bertz CT molecular complexity index is 410. The molecule has 0 saturated carbocycles. The summed E-state index contributed by atoms with van der Waals surface area (Å²) >= 11 is 3.59. The molecule has 17 heavy (non-hydrogen) atoms. The minimum Gasteiger partial charge on any atom is -0.194 e. The fraction of sp³-hybridized carbons (Fsp3) is 0.333. The highest BCUT2D eigenvalue weighted by Crippen LogP contribution is 2.51. The minimum atomic E-state index is -6.33. The Morgan fingerprint density at radius 2 is 1.41 bits per heavy atom. The van der Waals surface area contributed by atoms with E-state index >= 15 is 0 Å². The second kappa shape index (κ2) is 4.08. The van der Waals surface area contributed by atoms with E-state index in [-0.39, 0.29) is 4.90 Å². The molecule has 0 saturated heterocycles. The van der Waals surface area contributed by atoms with Gasteiger partial charge in [0, 0.05) is 10.5 Å². The summed E-state index contributed by atoms with van der Waals surface area (Å²) in [5.74, 6) is -11.5. The quantitative estimate of drug-likeness (QED) is 0.606. The lowest BCUT2D eigenvalue weighted by Crippen LogP contribution is -2.50. The van der Waals surface area contributed by atoms with Gasteiger partial charge in [-0.2, -0.15) is 30.7 Å². The molecule has 0 aliphatic carbocycles. The molecule has 1 rings (SSSR count). The first kappa shape index (κ1) is 14.1. The second-order valence-electron chi connectivity index (χ2n) is 3.20. The summed E-state index contributed by atoms with van der Waals surface area (Å²) in [4.78, 5) is -0.139. The number of hydrogen-bond acceptors (Lipinski definition) is 1. The molecule has 0 aliphatic heterocycles. The predicted molar refractivity (Wildman–Crippen MR) is 48.6 cm³/mol. The Labute approximate surface area is 96.8 Å². The molecule has 0 nitrogen and oxygen atoms in total. The van der Waals surface area contributed by atoms with Gasteiger partial charge in [0.15, 0.2) is 0 Å². The number of hydrogen-bond donors (Lipinski definition) is 1. The van der Waals surface area contributed by atoms with Gasteiger partial charge in [-0.15, -0.1) is 12.6 Å². The lowest BCUT2D eigenvalue weighted by Gasteiger charge is -2.28. The van der Waals surface area contributed by atoms with Gasteiger partial charge in [-0.1, -0.05) is 12.1 Å². The van der Waals surface area contributed by atoms with Crippen molar-refractivity contribution in [1.82, 2.24) is 0 Å². The van der Waals surface area contributed by atoms with Crippen LogP contribution in [0, 0.1) is 0 Å². The van der Waals surface area contributed by atoms with Crippen molar-refractivity contribution in [3.63, 3.8) is 0 Å². The van der Waals surface area contributed by atoms with Gasteiger partial charge >= 0.3 is 18.0 Å². The molecule has 0 aromatic heterocycles. The fourth-order valence-corrected chi connectivity index (χ4v) is 1.29. The Morgan fingerprint density at radius 1 is 0.882 bits per heavy atom. The van der Waals surface area contributed by atoms with Crippen molar-refractivity contribution in [2.75, 3.05) is 0 Å². The van der Waals surface area contributed by atoms with Crippen molar-refractivity contribution in [1.29, 1.82) is 0 Å². The van der Waals surface area contributed by atoms with Crippen LogP contribution in [0.15, 0.2) is 29.2 Å². The summed E-state index contributed by atoms with van der Waals surface area (Å²) in [6, 6.07) is 3.04. The molecule has 0 bridgehead atoms. The van der Waals surface area contributed by atoms with Crippen LogP contribution in [0.25, 0.3) is 0 Å². The van der Waals surface area contributed by atoms with Crippen LogP contribution in [-0.2, 0) is 5.92 Å². The number of rotatable bonds is 2. The van der Waals surface area contributed by atoms with Crippen LogP contribution in [0.4, 0.5) is 30.7 Å². The molecule has 8 heteroatoms. The summed E-state index contributed by atoms with van der Waals surface area (Å²) in [6.07, 6.45) is -6.33. The summed E-state index contributed by atoms with van der Waals surface area (Å²) in [5.41, 5.74) is -1.44. The van der Waals surface area contributed by atoms with Crippen LogP contribution in [-0.4, -0.2) is 12.1 Å². The van der Waals surface area contributed by atoms with Crippen LogP contribution in [0.1, 0.15) is 5.56 Å². The van der Waals surface area contributed by atoms with Crippen LogP contribution < -0.4 is 0 Å². The summed E-state index contributed by atoms with van der Waals surface area (Å²) in [6.45, 7) is 0. The molecule has 0 amide bonds. The number of thiol groups is 1. The highest BCUT2D eigenvalue weighted by atomic mass is 32.1. The van der Waals surface area contributed by atoms with E-state index in [0.29, 0.717) is 12.1 Å². The van der Waals surface area contributed by atoms with Gasteiger partial charge in [-0.05, 0) is 12.1 Å². The van der Waals surface area contributed by atoms with Crippen molar-refractivity contribution >= 4 is 12.6 Å². The molecule has 0 atom stereocenters. The molecule has 0 fully saturated rings. The van der Waals surface area contributed by atoms with Crippen LogP contribution in [0.3, 0.4) is 0 Å². The number of halogens is 7. The number of alkyl halides is 7. The maximum atomic E-state index is 13.1. The molecule has 0 N–H and O–H groups in total. The average molecular weight is 278 g/mol. The molecule has 0 spiro atoms. The smallest absolute Gasteiger partial charge is 0.194 e. The standard InChI is InChI=1S/C9H5F7S/c10-7(11,8(12,13)9(14,15)16)5-2-1-3-6(17)4-5/h1-4,17H. The average Bonchev–Trinajstić information content (AvgIpc) is 2.15. The zero-order valence-corrected chi connectivity index (χ0v) is 8.80. The van der Waals surface area contributed by atoms with Crippen molar-refractivity contribution in [2.24, 2.45) is 0 Å². The molecule has 0 radical (unpaired) electrons.